The molecule has 19 heavy (non-hydrogen) atoms. The van der Waals surface area contributed by atoms with E-state index < -0.39 is 15.3 Å². The third kappa shape index (κ3) is 5.33. The average molecular weight is 281 g/mol. The van der Waals surface area contributed by atoms with E-state index in [4.69, 9.17) is 9.88 Å². The fourth-order valence-corrected chi connectivity index (χ4v) is 2.48. The number of hydrogen-bond acceptors (Lipinski definition) is 3. The van der Waals surface area contributed by atoms with Crippen molar-refractivity contribution in [2.75, 3.05) is 7.11 Å². The van der Waals surface area contributed by atoms with Crippen LogP contribution in [0.4, 0.5) is 0 Å². The van der Waals surface area contributed by atoms with Gasteiger partial charge in [0.05, 0.1) is 12.4 Å². The Morgan fingerprint density at radius 3 is 2.42 bits per heavy atom. The van der Waals surface area contributed by atoms with Crippen LogP contribution in [0, 0.1) is 11.8 Å². The number of primary sulfonamides is 1. The summed E-state index contributed by atoms with van der Waals surface area (Å²) >= 11 is 0. The molecule has 4 nitrogen and oxygen atoms in total. The molecule has 0 heterocycles. The van der Waals surface area contributed by atoms with Crippen molar-refractivity contribution in [3.63, 3.8) is 0 Å². The van der Waals surface area contributed by atoms with Crippen molar-refractivity contribution in [2.45, 2.75) is 31.4 Å². The smallest absolute Gasteiger partial charge is 0.212 e. The largest absolute Gasteiger partial charge is 0.497 e. The molecule has 1 aromatic carbocycles. The first-order valence-electron chi connectivity index (χ1n) is 6.01. The summed E-state index contributed by atoms with van der Waals surface area (Å²) in [5, 5.41) is 4.61. The quantitative estimate of drug-likeness (QED) is 0.807. The van der Waals surface area contributed by atoms with Crippen LogP contribution in [-0.2, 0) is 16.4 Å². The number of sulfonamides is 1. The average Bonchev–Trinajstić information content (AvgIpc) is 2.38. The zero-order valence-electron chi connectivity index (χ0n) is 11.2. The van der Waals surface area contributed by atoms with Crippen LogP contribution in [0.3, 0.4) is 0 Å². The molecule has 0 radical (unpaired) electrons. The molecule has 1 atom stereocenters. The number of ether oxygens (including phenoxy) is 1. The molecule has 0 aliphatic rings. The Labute approximate surface area is 115 Å². The number of benzene rings is 1. The molecule has 104 valence electrons. The molecule has 0 saturated carbocycles. The van der Waals surface area contributed by atoms with Gasteiger partial charge in [0.25, 0.3) is 0 Å². The molecule has 0 fully saturated rings. The Morgan fingerprint density at radius 2 is 1.95 bits per heavy atom. The van der Waals surface area contributed by atoms with E-state index in [1.807, 2.05) is 24.3 Å². The number of rotatable bonds is 6. The number of methoxy groups -OCH3 is 1. The summed E-state index contributed by atoms with van der Waals surface area (Å²) in [6.07, 6.45) is 1.40. The summed E-state index contributed by atoms with van der Waals surface area (Å²) in [4.78, 5) is 0. The molecule has 0 aromatic heterocycles. The van der Waals surface area contributed by atoms with Crippen molar-refractivity contribution in [2.24, 2.45) is 5.14 Å². The molecule has 0 aliphatic heterocycles. The maximum atomic E-state index is 11.4. The van der Waals surface area contributed by atoms with Crippen LogP contribution >= 0.6 is 0 Å². The standard InChI is InChI=1S/C14H19NO3S/c1-3-4-5-14(19(15,16)17)11-8-12-6-9-13(18-2)10-7-12/h6-7,9-10,14H,5,8,11H2,1-2H3,(H2,15,16,17). The van der Waals surface area contributed by atoms with Crippen molar-refractivity contribution in [3.8, 4) is 17.6 Å². The van der Waals surface area contributed by atoms with E-state index in [1.165, 1.54) is 0 Å². The molecule has 0 aliphatic carbocycles. The third-order valence-electron chi connectivity index (χ3n) is 2.89. The van der Waals surface area contributed by atoms with Crippen LogP contribution in [0.25, 0.3) is 0 Å². The molecule has 0 amide bonds. The molecular weight excluding hydrogens is 262 g/mol. The van der Waals surface area contributed by atoms with E-state index >= 15 is 0 Å². The lowest BCUT2D eigenvalue weighted by Crippen LogP contribution is -2.28. The van der Waals surface area contributed by atoms with Gasteiger partial charge < -0.3 is 4.74 Å². The number of aryl methyl sites for hydroxylation is 1. The first kappa shape index (κ1) is 15.5. The second-order valence-corrected chi connectivity index (χ2v) is 6.07. The topological polar surface area (TPSA) is 69.4 Å². The molecular formula is C14H19NO3S. The highest BCUT2D eigenvalue weighted by molar-refractivity contribution is 7.89. The van der Waals surface area contributed by atoms with E-state index in [0.717, 1.165) is 11.3 Å². The summed E-state index contributed by atoms with van der Waals surface area (Å²) in [6.45, 7) is 1.68. The molecule has 1 unspecified atom stereocenters. The highest BCUT2D eigenvalue weighted by atomic mass is 32.2. The van der Waals surface area contributed by atoms with Gasteiger partial charge in [-0.2, -0.15) is 0 Å². The van der Waals surface area contributed by atoms with Crippen LogP contribution < -0.4 is 9.88 Å². The van der Waals surface area contributed by atoms with Gasteiger partial charge in [-0.15, -0.1) is 11.8 Å². The van der Waals surface area contributed by atoms with Gasteiger partial charge in [-0.25, -0.2) is 13.6 Å². The predicted octanol–water partition coefficient (Wildman–Crippen LogP) is 1.70. The zero-order valence-corrected chi connectivity index (χ0v) is 12.0. The third-order valence-corrected chi connectivity index (χ3v) is 4.22. The maximum absolute atomic E-state index is 11.4. The van der Waals surface area contributed by atoms with E-state index in [-0.39, 0.29) is 6.42 Å². The summed E-state index contributed by atoms with van der Waals surface area (Å²) in [5.74, 6) is 6.26. The van der Waals surface area contributed by atoms with E-state index in [1.54, 1.807) is 14.0 Å². The Balaban J connectivity index is 2.66. The summed E-state index contributed by atoms with van der Waals surface area (Å²) in [6, 6.07) is 7.55. The monoisotopic (exact) mass is 281 g/mol. The van der Waals surface area contributed by atoms with Crippen LogP contribution in [0.2, 0.25) is 0 Å². The highest BCUT2D eigenvalue weighted by Gasteiger charge is 2.20. The minimum Gasteiger partial charge on any atom is -0.497 e. The summed E-state index contributed by atoms with van der Waals surface area (Å²) in [5.41, 5.74) is 1.05. The number of hydrogen-bond donors (Lipinski definition) is 1. The second kappa shape index (κ2) is 7.17. The van der Waals surface area contributed by atoms with Crippen molar-refractivity contribution in [3.05, 3.63) is 29.8 Å². The maximum Gasteiger partial charge on any atom is 0.212 e. The molecule has 0 bridgehead atoms. The van der Waals surface area contributed by atoms with Gasteiger partial charge >= 0.3 is 0 Å². The Kier molecular flexibility index (Phi) is 5.87. The zero-order chi connectivity index (χ0) is 14.3. The van der Waals surface area contributed by atoms with Gasteiger partial charge in [0.2, 0.25) is 10.0 Å². The van der Waals surface area contributed by atoms with E-state index in [9.17, 15) is 8.42 Å². The van der Waals surface area contributed by atoms with Gasteiger partial charge in [-0.3, -0.25) is 0 Å². The van der Waals surface area contributed by atoms with Crippen molar-refractivity contribution in [1.82, 2.24) is 0 Å². The lowest BCUT2D eigenvalue weighted by atomic mass is 10.1. The SMILES string of the molecule is CC#CCC(CCc1ccc(OC)cc1)S(N)(=O)=O. The van der Waals surface area contributed by atoms with Gasteiger partial charge in [0, 0.05) is 6.42 Å². The fraction of sp³-hybridized carbons (Fsp3) is 0.429. The van der Waals surface area contributed by atoms with Crippen LogP contribution in [0.5, 0.6) is 5.75 Å². The van der Waals surface area contributed by atoms with Crippen LogP contribution in [0.1, 0.15) is 25.3 Å². The van der Waals surface area contributed by atoms with Crippen LogP contribution in [-0.4, -0.2) is 20.8 Å². The van der Waals surface area contributed by atoms with Crippen molar-refractivity contribution < 1.29 is 13.2 Å². The van der Waals surface area contributed by atoms with Crippen molar-refractivity contribution in [1.29, 1.82) is 0 Å². The minimum atomic E-state index is -3.55. The van der Waals surface area contributed by atoms with Gasteiger partial charge in [0.1, 0.15) is 5.75 Å². The van der Waals surface area contributed by atoms with E-state index in [2.05, 4.69) is 11.8 Å². The fourth-order valence-electron chi connectivity index (χ4n) is 1.72. The van der Waals surface area contributed by atoms with Gasteiger partial charge in [-0.05, 0) is 37.5 Å². The molecule has 1 aromatic rings. The Morgan fingerprint density at radius 1 is 1.32 bits per heavy atom. The molecule has 0 spiro atoms. The first-order valence-corrected chi connectivity index (χ1v) is 7.62. The lowest BCUT2D eigenvalue weighted by molar-refractivity contribution is 0.414. The number of nitrogens with two attached hydrogens (primary N) is 1. The molecule has 1 rings (SSSR count). The van der Waals surface area contributed by atoms with Gasteiger partial charge in [0.15, 0.2) is 0 Å². The van der Waals surface area contributed by atoms with E-state index in [0.29, 0.717) is 12.8 Å². The first-order chi connectivity index (χ1) is 8.97. The minimum absolute atomic E-state index is 0.283. The Hall–Kier alpha value is -1.51. The molecule has 0 saturated heterocycles. The summed E-state index contributed by atoms with van der Waals surface area (Å²) < 4.78 is 28.0. The predicted molar refractivity (Wildman–Crippen MR) is 76.3 cm³/mol. The normalized spacial score (nSPS) is 12.4. The summed E-state index contributed by atoms with van der Waals surface area (Å²) in [7, 11) is -1.94. The van der Waals surface area contributed by atoms with Gasteiger partial charge in [-0.1, -0.05) is 12.1 Å². The lowest BCUT2D eigenvalue weighted by Gasteiger charge is -2.11. The molecule has 5 heteroatoms. The van der Waals surface area contributed by atoms with Crippen molar-refractivity contribution >= 4 is 10.0 Å². The highest BCUT2D eigenvalue weighted by Crippen LogP contribution is 2.15. The molecule has 2 N–H and O–H groups in total. The Bertz CT molecular complexity index is 553. The second-order valence-electron chi connectivity index (χ2n) is 4.23. The van der Waals surface area contributed by atoms with Crippen LogP contribution in [0.15, 0.2) is 24.3 Å².